The lowest BCUT2D eigenvalue weighted by Gasteiger charge is -2.15. The highest BCUT2D eigenvalue weighted by atomic mass is 32.2. The van der Waals surface area contributed by atoms with E-state index in [2.05, 4.69) is 29.8 Å². The highest BCUT2D eigenvalue weighted by Crippen LogP contribution is 2.25. The van der Waals surface area contributed by atoms with Crippen LogP contribution in [0.5, 0.6) is 0 Å². The lowest BCUT2D eigenvalue weighted by atomic mass is 10.4. The van der Waals surface area contributed by atoms with E-state index >= 15 is 0 Å². The molecule has 0 bridgehead atoms. The minimum Gasteiger partial charge on any atom is -0.383 e. The van der Waals surface area contributed by atoms with Crippen molar-refractivity contribution in [1.29, 1.82) is 0 Å². The van der Waals surface area contributed by atoms with Crippen molar-refractivity contribution in [2.24, 2.45) is 0 Å². The summed E-state index contributed by atoms with van der Waals surface area (Å²) in [5.74, 6) is 1.35. The molecule has 0 atom stereocenters. The topological polar surface area (TPSA) is 146 Å². The third-order valence-corrected chi connectivity index (χ3v) is 3.67. The molecule has 0 saturated carbocycles. The van der Waals surface area contributed by atoms with Crippen LogP contribution in [0.1, 0.15) is 12.8 Å². The van der Waals surface area contributed by atoms with Crippen molar-refractivity contribution in [3.63, 3.8) is 0 Å². The SMILES string of the molecule is Nc1cc(N)nc(Sc2nc(N)nc(N3CCCC3)n2)n1. The van der Waals surface area contributed by atoms with Crippen LogP contribution in [-0.4, -0.2) is 38.0 Å². The van der Waals surface area contributed by atoms with E-state index in [0.717, 1.165) is 37.7 Å². The minimum atomic E-state index is 0.172. The lowest BCUT2D eigenvalue weighted by molar-refractivity contribution is 0.830. The molecular weight excluding hydrogens is 290 g/mol. The number of rotatable bonds is 3. The standard InChI is InChI=1S/C11H15N9S/c12-6-5-7(13)16-10(15-6)21-11-18-8(14)17-9(19-11)20-3-1-2-4-20/h5H,1-4H2,(H4,12,13,15,16)(H2,14,17,18,19). The van der Waals surface area contributed by atoms with Gasteiger partial charge in [0.1, 0.15) is 11.6 Å². The summed E-state index contributed by atoms with van der Waals surface area (Å²) in [6, 6.07) is 1.49. The Morgan fingerprint density at radius 2 is 1.48 bits per heavy atom. The molecule has 1 aliphatic heterocycles. The average molecular weight is 305 g/mol. The summed E-state index contributed by atoms with van der Waals surface area (Å²) in [4.78, 5) is 22.9. The fourth-order valence-corrected chi connectivity index (χ4v) is 2.79. The quantitative estimate of drug-likeness (QED) is 0.670. The highest BCUT2D eigenvalue weighted by Gasteiger charge is 2.17. The van der Waals surface area contributed by atoms with Gasteiger partial charge in [0.25, 0.3) is 0 Å². The maximum Gasteiger partial charge on any atom is 0.231 e. The number of nitrogens with zero attached hydrogens (tertiary/aromatic N) is 6. The number of aromatic nitrogens is 5. The molecule has 9 nitrogen and oxygen atoms in total. The molecular formula is C11H15N9S. The van der Waals surface area contributed by atoms with E-state index in [9.17, 15) is 0 Å². The summed E-state index contributed by atoms with van der Waals surface area (Å²) in [5.41, 5.74) is 17.0. The van der Waals surface area contributed by atoms with Crippen molar-refractivity contribution in [3.8, 4) is 0 Å². The lowest BCUT2D eigenvalue weighted by Crippen LogP contribution is -2.21. The second-order valence-electron chi connectivity index (χ2n) is 4.57. The molecule has 0 spiro atoms. The van der Waals surface area contributed by atoms with E-state index in [-0.39, 0.29) is 5.95 Å². The van der Waals surface area contributed by atoms with Crippen LogP contribution >= 0.6 is 11.8 Å². The molecule has 1 aliphatic rings. The van der Waals surface area contributed by atoms with Gasteiger partial charge in [-0.05, 0) is 24.6 Å². The molecule has 0 amide bonds. The van der Waals surface area contributed by atoms with Crippen molar-refractivity contribution in [2.75, 3.05) is 35.2 Å². The normalized spacial score (nSPS) is 14.6. The number of anilines is 4. The van der Waals surface area contributed by atoms with Crippen molar-refractivity contribution in [1.82, 2.24) is 24.9 Å². The molecule has 2 aromatic heterocycles. The molecule has 21 heavy (non-hydrogen) atoms. The smallest absolute Gasteiger partial charge is 0.231 e. The molecule has 6 N–H and O–H groups in total. The minimum absolute atomic E-state index is 0.172. The summed E-state index contributed by atoms with van der Waals surface area (Å²) in [6.07, 6.45) is 2.26. The molecule has 1 saturated heterocycles. The van der Waals surface area contributed by atoms with Crippen LogP contribution in [0.4, 0.5) is 23.5 Å². The summed E-state index contributed by atoms with van der Waals surface area (Å²) in [6.45, 7) is 1.85. The number of hydrogen-bond donors (Lipinski definition) is 3. The van der Waals surface area contributed by atoms with Crippen molar-refractivity contribution in [3.05, 3.63) is 6.07 Å². The van der Waals surface area contributed by atoms with Gasteiger partial charge in [-0.15, -0.1) is 0 Å². The second-order valence-corrected chi connectivity index (χ2v) is 5.51. The van der Waals surface area contributed by atoms with Gasteiger partial charge in [-0.25, -0.2) is 9.97 Å². The first-order valence-electron chi connectivity index (χ1n) is 6.44. The van der Waals surface area contributed by atoms with Gasteiger partial charge in [-0.3, -0.25) is 0 Å². The first kappa shape index (κ1) is 13.6. The van der Waals surface area contributed by atoms with Gasteiger partial charge in [-0.1, -0.05) is 0 Å². The maximum atomic E-state index is 5.75. The Hall–Kier alpha value is -2.36. The number of nitrogens with two attached hydrogens (primary N) is 3. The molecule has 3 heterocycles. The Kier molecular flexibility index (Phi) is 3.60. The maximum absolute atomic E-state index is 5.75. The summed E-state index contributed by atoms with van der Waals surface area (Å²) >= 11 is 1.15. The van der Waals surface area contributed by atoms with E-state index in [1.807, 2.05) is 0 Å². The molecule has 0 aromatic carbocycles. The number of nitrogen functional groups attached to an aromatic ring is 3. The Morgan fingerprint density at radius 3 is 2.14 bits per heavy atom. The van der Waals surface area contributed by atoms with E-state index in [0.29, 0.717) is 27.9 Å². The van der Waals surface area contributed by atoms with Crippen LogP contribution in [0.3, 0.4) is 0 Å². The first-order chi connectivity index (χ1) is 10.1. The van der Waals surface area contributed by atoms with E-state index < -0.39 is 0 Å². The van der Waals surface area contributed by atoms with Gasteiger partial charge in [0.2, 0.25) is 17.1 Å². The van der Waals surface area contributed by atoms with Gasteiger partial charge >= 0.3 is 0 Å². The van der Waals surface area contributed by atoms with Crippen molar-refractivity contribution < 1.29 is 0 Å². The largest absolute Gasteiger partial charge is 0.383 e. The zero-order chi connectivity index (χ0) is 14.8. The fourth-order valence-electron chi connectivity index (χ4n) is 2.05. The van der Waals surface area contributed by atoms with Gasteiger partial charge in [0.15, 0.2) is 5.16 Å². The molecule has 0 unspecified atom stereocenters. The first-order valence-corrected chi connectivity index (χ1v) is 7.26. The Morgan fingerprint density at radius 1 is 0.857 bits per heavy atom. The molecule has 10 heteroatoms. The van der Waals surface area contributed by atoms with Crippen LogP contribution in [-0.2, 0) is 0 Å². The van der Waals surface area contributed by atoms with E-state index in [1.54, 1.807) is 0 Å². The number of hydrogen-bond acceptors (Lipinski definition) is 10. The van der Waals surface area contributed by atoms with E-state index in [4.69, 9.17) is 17.2 Å². The predicted octanol–water partition coefficient (Wildman–Crippen LogP) is 0.160. The second kappa shape index (κ2) is 5.56. The molecule has 0 radical (unpaired) electrons. The Balaban J connectivity index is 1.87. The van der Waals surface area contributed by atoms with Crippen LogP contribution in [0, 0.1) is 0 Å². The van der Waals surface area contributed by atoms with Gasteiger partial charge in [0.05, 0.1) is 0 Å². The van der Waals surface area contributed by atoms with Crippen LogP contribution in [0.2, 0.25) is 0 Å². The monoisotopic (exact) mass is 305 g/mol. The van der Waals surface area contributed by atoms with E-state index in [1.165, 1.54) is 6.07 Å². The third kappa shape index (κ3) is 3.21. The highest BCUT2D eigenvalue weighted by molar-refractivity contribution is 7.99. The van der Waals surface area contributed by atoms with Gasteiger partial charge < -0.3 is 22.1 Å². The molecule has 0 aliphatic carbocycles. The molecule has 2 aromatic rings. The summed E-state index contributed by atoms with van der Waals surface area (Å²) in [5, 5.41) is 0.805. The van der Waals surface area contributed by atoms with Crippen LogP contribution < -0.4 is 22.1 Å². The molecule has 1 fully saturated rings. The third-order valence-electron chi connectivity index (χ3n) is 2.94. The van der Waals surface area contributed by atoms with Gasteiger partial charge in [0, 0.05) is 19.2 Å². The van der Waals surface area contributed by atoms with Crippen LogP contribution in [0.15, 0.2) is 16.4 Å². The average Bonchev–Trinajstić information content (AvgIpc) is 2.90. The van der Waals surface area contributed by atoms with Crippen molar-refractivity contribution >= 4 is 35.3 Å². The Labute approximate surface area is 125 Å². The predicted molar refractivity (Wildman–Crippen MR) is 80.7 cm³/mol. The zero-order valence-corrected chi connectivity index (χ0v) is 12.0. The van der Waals surface area contributed by atoms with Crippen LogP contribution in [0.25, 0.3) is 0 Å². The summed E-state index contributed by atoms with van der Waals surface area (Å²) < 4.78 is 0. The van der Waals surface area contributed by atoms with Gasteiger partial charge in [-0.2, -0.15) is 15.0 Å². The zero-order valence-electron chi connectivity index (χ0n) is 11.2. The fraction of sp³-hybridized carbons (Fsp3) is 0.364. The molecule has 3 rings (SSSR count). The summed E-state index contributed by atoms with van der Waals surface area (Å²) in [7, 11) is 0. The van der Waals surface area contributed by atoms with Crippen molar-refractivity contribution in [2.45, 2.75) is 23.2 Å². The molecule has 110 valence electrons. The Bertz CT molecular complexity index is 636.